The molecule has 0 aliphatic rings. The van der Waals surface area contributed by atoms with Gasteiger partial charge in [-0.05, 0) is 59.1 Å². The number of aryl methyl sites for hydroxylation is 2. The summed E-state index contributed by atoms with van der Waals surface area (Å²) in [6.07, 6.45) is 0. The van der Waals surface area contributed by atoms with Crippen LogP contribution in [0.3, 0.4) is 0 Å². The maximum absolute atomic E-state index is 6.36. The number of benzene rings is 2. The van der Waals surface area contributed by atoms with Crippen molar-refractivity contribution in [1.29, 1.82) is 0 Å². The van der Waals surface area contributed by atoms with Crippen molar-refractivity contribution in [2.75, 3.05) is 0 Å². The Morgan fingerprint density at radius 3 is 2.57 bits per heavy atom. The zero-order valence-electron chi connectivity index (χ0n) is 11.4. The lowest BCUT2D eigenvalue weighted by Gasteiger charge is -2.09. The van der Waals surface area contributed by atoms with Crippen LogP contribution in [-0.2, 0) is 0 Å². The van der Waals surface area contributed by atoms with Crippen LogP contribution in [-0.4, -0.2) is 9.97 Å². The zero-order valence-corrected chi connectivity index (χ0v) is 14.5. The van der Waals surface area contributed by atoms with E-state index < -0.39 is 0 Å². The minimum Gasteiger partial charge on any atom is -0.227 e. The van der Waals surface area contributed by atoms with Gasteiger partial charge in [0.1, 0.15) is 5.15 Å². The second-order valence-corrected chi connectivity index (χ2v) is 6.51. The van der Waals surface area contributed by atoms with E-state index in [0.717, 1.165) is 32.1 Å². The predicted octanol–water partition coefficient (Wildman–Crippen LogP) is 5.98. The highest BCUT2D eigenvalue weighted by Gasteiger charge is 2.13. The number of aromatic nitrogens is 2. The highest BCUT2D eigenvalue weighted by Crippen LogP contribution is 2.33. The lowest BCUT2D eigenvalue weighted by molar-refractivity contribution is 1.22. The summed E-state index contributed by atoms with van der Waals surface area (Å²) in [4.78, 5) is 9.03. The van der Waals surface area contributed by atoms with Gasteiger partial charge in [-0.15, -0.1) is 0 Å². The summed E-state index contributed by atoms with van der Waals surface area (Å²) in [6, 6.07) is 9.77. The number of nitrogens with zero attached hydrogens (tertiary/aromatic N) is 2. The molecule has 0 saturated heterocycles. The van der Waals surface area contributed by atoms with Crippen LogP contribution in [0.1, 0.15) is 11.1 Å². The van der Waals surface area contributed by atoms with Crippen LogP contribution in [0.2, 0.25) is 10.2 Å². The standard InChI is InChI=1S/C16H11BrCl2N2/c1-8-6-11-14(12(17)7-8)20-16(21-15(11)19)10-5-3-4-9(2)13(10)18/h3-7H,1-2H3. The molecular weight excluding hydrogens is 371 g/mol. The van der Waals surface area contributed by atoms with E-state index in [0.29, 0.717) is 16.0 Å². The fourth-order valence-corrected chi connectivity index (χ4v) is 3.33. The maximum atomic E-state index is 6.36. The van der Waals surface area contributed by atoms with Gasteiger partial charge in [-0.1, -0.05) is 35.3 Å². The van der Waals surface area contributed by atoms with Crippen LogP contribution < -0.4 is 0 Å². The van der Waals surface area contributed by atoms with E-state index in [1.807, 2.05) is 44.2 Å². The van der Waals surface area contributed by atoms with Gasteiger partial charge >= 0.3 is 0 Å². The van der Waals surface area contributed by atoms with E-state index in [9.17, 15) is 0 Å². The lowest BCUT2D eigenvalue weighted by Crippen LogP contribution is -1.94. The van der Waals surface area contributed by atoms with Crippen LogP contribution in [0.5, 0.6) is 0 Å². The molecule has 3 aromatic rings. The van der Waals surface area contributed by atoms with Crippen molar-refractivity contribution >= 4 is 50.0 Å². The Labute approximate surface area is 141 Å². The van der Waals surface area contributed by atoms with Gasteiger partial charge in [0.05, 0.1) is 10.5 Å². The van der Waals surface area contributed by atoms with Gasteiger partial charge in [-0.3, -0.25) is 0 Å². The zero-order chi connectivity index (χ0) is 15.1. The first-order valence-corrected chi connectivity index (χ1v) is 7.91. The molecule has 3 rings (SSSR count). The normalized spacial score (nSPS) is 11.1. The predicted molar refractivity (Wildman–Crippen MR) is 92.2 cm³/mol. The van der Waals surface area contributed by atoms with Crippen molar-refractivity contribution in [2.45, 2.75) is 13.8 Å². The topological polar surface area (TPSA) is 25.8 Å². The molecule has 0 aliphatic carbocycles. The van der Waals surface area contributed by atoms with Gasteiger partial charge in [0.25, 0.3) is 0 Å². The van der Waals surface area contributed by atoms with Crippen LogP contribution in [0, 0.1) is 13.8 Å². The average Bonchev–Trinajstić information content (AvgIpc) is 2.43. The molecule has 0 atom stereocenters. The molecule has 2 nitrogen and oxygen atoms in total. The van der Waals surface area contributed by atoms with E-state index in [4.69, 9.17) is 23.2 Å². The smallest absolute Gasteiger partial charge is 0.163 e. The molecule has 0 N–H and O–H groups in total. The summed E-state index contributed by atoms with van der Waals surface area (Å²) < 4.78 is 0.895. The summed E-state index contributed by atoms with van der Waals surface area (Å²) in [7, 11) is 0. The molecule has 5 heteroatoms. The quantitative estimate of drug-likeness (QED) is 0.484. The van der Waals surface area contributed by atoms with Crippen LogP contribution >= 0.6 is 39.1 Å². The minimum atomic E-state index is 0.428. The molecule has 1 aromatic heterocycles. The highest BCUT2D eigenvalue weighted by molar-refractivity contribution is 9.10. The van der Waals surface area contributed by atoms with Crippen LogP contribution in [0.15, 0.2) is 34.8 Å². The van der Waals surface area contributed by atoms with Gasteiger partial charge in [0, 0.05) is 15.4 Å². The molecule has 106 valence electrons. The third-order valence-electron chi connectivity index (χ3n) is 3.28. The van der Waals surface area contributed by atoms with Crippen molar-refractivity contribution in [3.8, 4) is 11.4 Å². The number of rotatable bonds is 1. The first-order valence-electron chi connectivity index (χ1n) is 6.36. The molecule has 0 spiro atoms. The van der Waals surface area contributed by atoms with Crippen molar-refractivity contribution in [3.63, 3.8) is 0 Å². The summed E-state index contributed by atoms with van der Waals surface area (Å²) in [5.74, 6) is 0.533. The van der Waals surface area contributed by atoms with E-state index in [2.05, 4.69) is 25.9 Å². The molecule has 21 heavy (non-hydrogen) atoms. The molecule has 0 unspecified atom stereocenters. The number of hydrogen-bond donors (Lipinski definition) is 0. The van der Waals surface area contributed by atoms with Crippen LogP contribution in [0.25, 0.3) is 22.3 Å². The van der Waals surface area contributed by atoms with Crippen molar-refractivity contribution in [1.82, 2.24) is 9.97 Å². The second kappa shape index (κ2) is 5.56. The van der Waals surface area contributed by atoms with E-state index >= 15 is 0 Å². The molecule has 0 bridgehead atoms. The van der Waals surface area contributed by atoms with Gasteiger partial charge in [-0.25, -0.2) is 9.97 Å². The van der Waals surface area contributed by atoms with Crippen molar-refractivity contribution in [2.24, 2.45) is 0 Å². The van der Waals surface area contributed by atoms with E-state index in [-0.39, 0.29) is 0 Å². The van der Waals surface area contributed by atoms with Gasteiger partial charge in [0.2, 0.25) is 0 Å². The molecule has 1 heterocycles. The molecular formula is C16H11BrCl2N2. The Bertz CT molecular complexity index is 863. The van der Waals surface area contributed by atoms with Gasteiger partial charge < -0.3 is 0 Å². The summed E-state index contributed by atoms with van der Waals surface area (Å²) in [6.45, 7) is 3.96. The molecule has 0 aliphatic heterocycles. The Hall–Kier alpha value is -1.16. The number of hydrogen-bond acceptors (Lipinski definition) is 2. The Morgan fingerprint density at radius 2 is 1.81 bits per heavy atom. The fraction of sp³-hybridized carbons (Fsp3) is 0.125. The number of fused-ring (bicyclic) bond motifs is 1. The van der Waals surface area contributed by atoms with E-state index in [1.165, 1.54) is 0 Å². The first kappa shape index (κ1) is 14.8. The SMILES string of the molecule is Cc1cc(Br)c2nc(-c3cccc(C)c3Cl)nc(Cl)c2c1. The molecule has 2 aromatic carbocycles. The number of halogens is 3. The Balaban J connectivity index is 2.33. The second-order valence-electron chi connectivity index (χ2n) is 4.92. The highest BCUT2D eigenvalue weighted by atomic mass is 79.9. The minimum absolute atomic E-state index is 0.428. The molecule has 0 amide bonds. The van der Waals surface area contributed by atoms with Gasteiger partial charge in [0.15, 0.2) is 5.82 Å². The molecule has 0 radical (unpaired) electrons. The Kier molecular flexibility index (Phi) is 3.91. The first-order chi connectivity index (χ1) is 9.97. The molecule has 0 fully saturated rings. The third kappa shape index (κ3) is 2.66. The summed E-state index contributed by atoms with van der Waals surface area (Å²) in [5.41, 5.74) is 3.65. The Morgan fingerprint density at radius 1 is 1.05 bits per heavy atom. The van der Waals surface area contributed by atoms with Gasteiger partial charge in [-0.2, -0.15) is 0 Å². The molecule has 0 saturated carbocycles. The van der Waals surface area contributed by atoms with Crippen molar-refractivity contribution in [3.05, 3.63) is 56.1 Å². The average molecular weight is 382 g/mol. The monoisotopic (exact) mass is 380 g/mol. The van der Waals surface area contributed by atoms with Crippen LogP contribution in [0.4, 0.5) is 0 Å². The largest absolute Gasteiger partial charge is 0.227 e. The van der Waals surface area contributed by atoms with E-state index in [1.54, 1.807) is 0 Å². The summed E-state index contributed by atoms with van der Waals surface area (Å²) in [5, 5.41) is 1.91. The maximum Gasteiger partial charge on any atom is 0.163 e. The van der Waals surface area contributed by atoms with Crippen molar-refractivity contribution < 1.29 is 0 Å². The fourth-order valence-electron chi connectivity index (χ4n) is 2.23. The third-order valence-corrected chi connectivity index (χ3v) is 4.68. The lowest BCUT2D eigenvalue weighted by atomic mass is 10.1. The summed E-state index contributed by atoms with van der Waals surface area (Å²) >= 11 is 16.2.